The van der Waals surface area contributed by atoms with Crippen molar-refractivity contribution in [2.45, 2.75) is 6.92 Å². The third-order valence-corrected chi connectivity index (χ3v) is 11.8. The molecular weight excluding hydrogens is 691 g/mol. The standard InChI is InChI=1S/C50H31N3OS/c1-30-12-9-16-32(26-30)33-24-25-39-43(29-33)54-42-22-11-21-40(46(39)42)50-52-48(31-13-3-2-4-14-31)51-49(53-50)36-18-10-17-35(27-36)45-37-19-6-5-15-34(37)28-41-38-20-7-8-23-44(38)55-47(41)45/h2-29H,1H3. The second kappa shape index (κ2) is 12.6. The molecule has 0 spiro atoms. The number of thiophene rings is 1. The fraction of sp³-hybridized carbons (Fsp3) is 0.0200. The Morgan fingerprint density at radius 2 is 1.13 bits per heavy atom. The summed E-state index contributed by atoms with van der Waals surface area (Å²) in [6, 6.07) is 59.7. The molecule has 8 aromatic carbocycles. The predicted molar refractivity (Wildman–Crippen MR) is 229 cm³/mol. The molecule has 0 radical (unpaired) electrons. The van der Waals surface area contributed by atoms with Gasteiger partial charge in [0.2, 0.25) is 0 Å². The van der Waals surface area contributed by atoms with Crippen molar-refractivity contribution >= 4 is 64.2 Å². The van der Waals surface area contributed by atoms with Crippen LogP contribution in [0.25, 0.3) is 109 Å². The first kappa shape index (κ1) is 31.6. The van der Waals surface area contributed by atoms with Crippen molar-refractivity contribution < 1.29 is 4.42 Å². The molecule has 0 unspecified atom stereocenters. The van der Waals surface area contributed by atoms with Crippen molar-refractivity contribution in [3.8, 4) is 56.4 Å². The smallest absolute Gasteiger partial charge is 0.164 e. The minimum atomic E-state index is 0.599. The summed E-state index contributed by atoms with van der Waals surface area (Å²) in [5, 5.41) is 7.02. The Morgan fingerprint density at radius 3 is 2.02 bits per heavy atom. The highest BCUT2D eigenvalue weighted by Gasteiger charge is 2.20. The number of aromatic nitrogens is 3. The van der Waals surface area contributed by atoms with Crippen LogP contribution in [0.4, 0.5) is 0 Å². The number of rotatable bonds is 5. The second-order valence-electron chi connectivity index (χ2n) is 14.1. The van der Waals surface area contributed by atoms with Gasteiger partial charge in [0.05, 0.1) is 0 Å². The van der Waals surface area contributed by atoms with Crippen LogP contribution in [0.3, 0.4) is 0 Å². The number of fused-ring (bicyclic) bond motifs is 7. The summed E-state index contributed by atoms with van der Waals surface area (Å²) in [7, 11) is 0. The van der Waals surface area contributed by atoms with Crippen molar-refractivity contribution in [1.29, 1.82) is 0 Å². The Balaban J connectivity index is 1.11. The van der Waals surface area contributed by atoms with Crippen molar-refractivity contribution in [3.05, 3.63) is 175 Å². The first-order valence-electron chi connectivity index (χ1n) is 18.4. The van der Waals surface area contributed by atoms with Gasteiger partial charge < -0.3 is 4.42 Å². The molecule has 0 N–H and O–H groups in total. The lowest BCUT2D eigenvalue weighted by Gasteiger charge is -2.12. The molecule has 11 aromatic rings. The van der Waals surface area contributed by atoms with Crippen LogP contribution in [0.15, 0.2) is 174 Å². The van der Waals surface area contributed by atoms with E-state index in [9.17, 15) is 0 Å². The number of furan rings is 1. The lowest BCUT2D eigenvalue weighted by Crippen LogP contribution is -2.00. The van der Waals surface area contributed by atoms with E-state index < -0.39 is 0 Å². The molecule has 0 aliphatic rings. The summed E-state index contributed by atoms with van der Waals surface area (Å²) in [5.74, 6) is 1.84. The summed E-state index contributed by atoms with van der Waals surface area (Å²) in [5.41, 5.74) is 10.2. The molecule has 0 saturated heterocycles. The molecule has 0 bridgehead atoms. The molecule has 3 heterocycles. The van der Waals surface area contributed by atoms with Crippen LogP contribution in [0.2, 0.25) is 0 Å². The molecule has 0 amide bonds. The molecule has 258 valence electrons. The maximum absolute atomic E-state index is 6.52. The molecule has 0 atom stereocenters. The Kier molecular flexibility index (Phi) is 7.22. The van der Waals surface area contributed by atoms with E-state index in [1.807, 2.05) is 53.8 Å². The number of hydrogen-bond donors (Lipinski definition) is 0. The second-order valence-corrected chi connectivity index (χ2v) is 15.1. The molecule has 11 rings (SSSR count). The number of benzene rings is 8. The summed E-state index contributed by atoms with van der Waals surface area (Å²) in [6.45, 7) is 2.12. The van der Waals surface area contributed by atoms with E-state index in [1.54, 1.807) is 0 Å². The van der Waals surface area contributed by atoms with Crippen molar-refractivity contribution in [3.63, 3.8) is 0 Å². The van der Waals surface area contributed by atoms with Crippen LogP contribution in [0.1, 0.15) is 5.56 Å². The van der Waals surface area contributed by atoms with Crippen LogP contribution >= 0.6 is 11.3 Å². The van der Waals surface area contributed by atoms with E-state index >= 15 is 0 Å². The Hall–Kier alpha value is -6.95. The lowest BCUT2D eigenvalue weighted by molar-refractivity contribution is 0.669. The van der Waals surface area contributed by atoms with E-state index in [-0.39, 0.29) is 0 Å². The highest BCUT2D eigenvalue weighted by Crippen LogP contribution is 2.45. The van der Waals surface area contributed by atoms with Crippen LogP contribution in [0, 0.1) is 6.92 Å². The third kappa shape index (κ3) is 5.31. The molecule has 0 fully saturated rings. The maximum atomic E-state index is 6.52. The molecule has 3 aromatic heterocycles. The summed E-state index contributed by atoms with van der Waals surface area (Å²) in [4.78, 5) is 15.5. The molecule has 0 saturated carbocycles. The van der Waals surface area contributed by atoms with Crippen LogP contribution in [-0.4, -0.2) is 15.0 Å². The predicted octanol–water partition coefficient (Wildman–Crippen LogP) is 13.9. The molecular formula is C50H31N3OS. The van der Waals surface area contributed by atoms with Crippen LogP contribution in [-0.2, 0) is 0 Å². The SMILES string of the molecule is Cc1cccc(-c2ccc3c(c2)oc2cccc(-c4nc(-c5ccccc5)nc(-c5cccc(-c6c7ccccc7cc7c6sc6ccccc67)c5)n4)c23)c1. The van der Waals surface area contributed by atoms with Crippen LogP contribution < -0.4 is 0 Å². The minimum absolute atomic E-state index is 0.599. The van der Waals surface area contributed by atoms with E-state index in [0.29, 0.717) is 17.5 Å². The van der Waals surface area contributed by atoms with Crippen molar-refractivity contribution in [2.75, 3.05) is 0 Å². The maximum Gasteiger partial charge on any atom is 0.164 e. The van der Waals surface area contributed by atoms with Gasteiger partial charge >= 0.3 is 0 Å². The van der Waals surface area contributed by atoms with E-state index in [4.69, 9.17) is 19.4 Å². The van der Waals surface area contributed by atoms with E-state index in [1.165, 1.54) is 42.1 Å². The van der Waals surface area contributed by atoms with Gasteiger partial charge in [0, 0.05) is 53.2 Å². The monoisotopic (exact) mass is 721 g/mol. The largest absolute Gasteiger partial charge is 0.456 e. The zero-order valence-electron chi connectivity index (χ0n) is 29.8. The highest BCUT2D eigenvalue weighted by molar-refractivity contribution is 7.26. The van der Waals surface area contributed by atoms with Gasteiger partial charge in [-0.3, -0.25) is 0 Å². The van der Waals surface area contributed by atoms with Gasteiger partial charge in [-0.1, -0.05) is 139 Å². The van der Waals surface area contributed by atoms with Gasteiger partial charge in [-0.25, -0.2) is 15.0 Å². The Bertz CT molecular complexity index is 3290. The average molecular weight is 722 g/mol. The summed E-state index contributed by atoms with van der Waals surface area (Å²) in [6.07, 6.45) is 0. The molecule has 5 heteroatoms. The molecule has 4 nitrogen and oxygen atoms in total. The molecule has 0 aliphatic carbocycles. The first-order chi connectivity index (χ1) is 27.1. The van der Waals surface area contributed by atoms with Crippen molar-refractivity contribution in [1.82, 2.24) is 15.0 Å². The zero-order valence-corrected chi connectivity index (χ0v) is 30.6. The van der Waals surface area contributed by atoms with E-state index in [2.05, 4.69) is 134 Å². The average Bonchev–Trinajstić information content (AvgIpc) is 3.81. The lowest BCUT2D eigenvalue weighted by atomic mass is 9.94. The zero-order chi connectivity index (χ0) is 36.5. The van der Waals surface area contributed by atoms with Gasteiger partial charge in [0.15, 0.2) is 17.5 Å². The highest BCUT2D eigenvalue weighted by atomic mass is 32.1. The fourth-order valence-corrected chi connectivity index (χ4v) is 9.24. The molecule has 0 aliphatic heterocycles. The quantitative estimate of drug-likeness (QED) is 0.178. The van der Waals surface area contributed by atoms with Crippen molar-refractivity contribution in [2.24, 2.45) is 0 Å². The minimum Gasteiger partial charge on any atom is -0.456 e. The molecule has 55 heavy (non-hydrogen) atoms. The Labute approximate surface area is 321 Å². The first-order valence-corrected chi connectivity index (χ1v) is 19.2. The summed E-state index contributed by atoms with van der Waals surface area (Å²) >= 11 is 1.85. The fourth-order valence-electron chi connectivity index (χ4n) is 7.98. The number of nitrogens with zero attached hydrogens (tertiary/aromatic N) is 3. The van der Waals surface area contributed by atoms with Gasteiger partial charge in [0.1, 0.15) is 11.2 Å². The number of aryl methyl sites for hydroxylation is 1. The van der Waals surface area contributed by atoms with Gasteiger partial charge in [-0.05, 0) is 70.8 Å². The topological polar surface area (TPSA) is 51.8 Å². The van der Waals surface area contributed by atoms with Gasteiger partial charge in [0.25, 0.3) is 0 Å². The third-order valence-electron chi connectivity index (χ3n) is 10.6. The van der Waals surface area contributed by atoms with Crippen LogP contribution in [0.5, 0.6) is 0 Å². The normalized spacial score (nSPS) is 11.7. The van der Waals surface area contributed by atoms with Gasteiger partial charge in [-0.15, -0.1) is 11.3 Å². The summed E-state index contributed by atoms with van der Waals surface area (Å²) < 4.78 is 9.09. The number of hydrogen-bond acceptors (Lipinski definition) is 5. The van der Waals surface area contributed by atoms with Gasteiger partial charge in [-0.2, -0.15) is 0 Å². The Morgan fingerprint density at radius 1 is 0.436 bits per heavy atom. The van der Waals surface area contributed by atoms with E-state index in [0.717, 1.165) is 55.3 Å².